The van der Waals surface area contributed by atoms with Gasteiger partial charge in [-0.15, -0.1) is 0 Å². The second-order valence-corrected chi connectivity index (χ2v) is 9.31. The zero-order chi connectivity index (χ0) is 17.9. The van der Waals surface area contributed by atoms with Crippen LogP contribution in [0, 0.1) is 0 Å². The molecule has 11 nitrogen and oxygen atoms in total. The lowest BCUT2D eigenvalue weighted by Gasteiger charge is -2.24. The summed E-state index contributed by atoms with van der Waals surface area (Å²) in [4.78, 5) is 58.0. The average molecular weight is 364 g/mol. The van der Waals surface area contributed by atoms with Crippen molar-refractivity contribution in [3.8, 4) is 0 Å². The number of hydrogen-bond donors (Lipinski definition) is 5. The van der Waals surface area contributed by atoms with Crippen LogP contribution in [0.3, 0.4) is 0 Å². The molecule has 0 fully saturated rings. The fraction of sp³-hybridized carbons (Fsp3) is 0.778. The van der Waals surface area contributed by atoms with Crippen molar-refractivity contribution < 1.29 is 52.9 Å². The summed E-state index contributed by atoms with van der Waals surface area (Å²) in [7, 11) is -10.7. The number of carbonyl (C=O) groups is 2. The molecule has 22 heavy (non-hydrogen) atoms. The lowest BCUT2D eigenvalue weighted by atomic mass is 10.2. The SMILES string of the molecule is CC(C)(C)OC(=O)OC(CC(P(=O)(O)O)P(=O)(O)O)C(=O)O. The highest BCUT2D eigenvalue weighted by atomic mass is 31.2. The molecule has 0 aromatic carbocycles. The van der Waals surface area contributed by atoms with Gasteiger partial charge in [0.05, 0.1) is 0 Å². The van der Waals surface area contributed by atoms with Crippen LogP contribution in [-0.4, -0.2) is 53.9 Å². The van der Waals surface area contributed by atoms with Crippen LogP contribution in [0.4, 0.5) is 4.79 Å². The van der Waals surface area contributed by atoms with Gasteiger partial charge in [-0.25, -0.2) is 9.59 Å². The first-order valence-corrected chi connectivity index (χ1v) is 9.13. The monoisotopic (exact) mass is 364 g/mol. The molecular weight excluding hydrogens is 346 g/mol. The molecule has 0 aliphatic heterocycles. The summed E-state index contributed by atoms with van der Waals surface area (Å²) >= 11 is 0. The maximum atomic E-state index is 11.4. The molecule has 130 valence electrons. The Bertz CT molecular complexity index is 488. The molecule has 0 aromatic heterocycles. The van der Waals surface area contributed by atoms with E-state index in [4.69, 9.17) is 24.7 Å². The number of hydrogen-bond acceptors (Lipinski definition) is 6. The van der Waals surface area contributed by atoms with Crippen LogP contribution in [0.25, 0.3) is 0 Å². The minimum Gasteiger partial charge on any atom is -0.479 e. The third-order valence-electron chi connectivity index (χ3n) is 2.10. The zero-order valence-corrected chi connectivity index (χ0v) is 13.7. The number of carbonyl (C=O) groups excluding carboxylic acids is 1. The Morgan fingerprint density at radius 3 is 1.73 bits per heavy atom. The predicted octanol–water partition coefficient (Wildman–Crippen LogP) is 0.463. The van der Waals surface area contributed by atoms with E-state index in [1.165, 1.54) is 20.8 Å². The Morgan fingerprint density at radius 1 is 1.05 bits per heavy atom. The Morgan fingerprint density at radius 2 is 1.45 bits per heavy atom. The van der Waals surface area contributed by atoms with E-state index in [9.17, 15) is 18.7 Å². The standard InChI is InChI=1S/C9H18O11P2/c1-9(2,3)20-8(12)19-5(7(10)11)4-6(21(13,14)15)22(16,17)18/h5-6H,4H2,1-3H3,(H,10,11)(H2,13,14,15)(H2,16,17,18). The van der Waals surface area contributed by atoms with Crippen molar-refractivity contribution in [1.29, 1.82) is 0 Å². The molecule has 1 unspecified atom stereocenters. The summed E-state index contributed by atoms with van der Waals surface area (Å²) in [6, 6.07) is 0. The third kappa shape index (κ3) is 7.88. The molecule has 0 heterocycles. The minimum absolute atomic E-state index is 1.02. The summed E-state index contributed by atoms with van der Waals surface area (Å²) in [5.41, 5.74) is -1.02. The van der Waals surface area contributed by atoms with Gasteiger partial charge >= 0.3 is 27.3 Å². The summed E-state index contributed by atoms with van der Waals surface area (Å²) in [5.74, 6) is -1.84. The van der Waals surface area contributed by atoms with Crippen LogP contribution in [0.2, 0.25) is 0 Å². The molecule has 13 heteroatoms. The Kier molecular flexibility index (Phi) is 6.77. The van der Waals surface area contributed by atoms with Crippen LogP contribution in [0.5, 0.6) is 0 Å². The van der Waals surface area contributed by atoms with Gasteiger partial charge < -0.3 is 34.2 Å². The van der Waals surface area contributed by atoms with Gasteiger partial charge in [-0.3, -0.25) is 9.13 Å². The van der Waals surface area contributed by atoms with Crippen molar-refractivity contribution >= 4 is 27.3 Å². The number of carboxylic acid groups (broad SMARTS) is 1. The zero-order valence-electron chi connectivity index (χ0n) is 11.9. The first-order valence-electron chi connectivity index (χ1n) is 5.77. The van der Waals surface area contributed by atoms with Gasteiger partial charge in [0.15, 0.2) is 5.40 Å². The maximum absolute atomic E-state index is 11.4. The smallest absolute Gasteiger partial charge is 0.479 e. The summed E-state index contributed by atoms with van der Waals surface area (Å²) in [6.45, 7) is 4.37. The third-order valence-corrected chi connectivity index (χ3v) is 5.88. The first-order chi connectivity index (χ1) is 9.54. The van der Waals surface area contributed by atoms with Crippen molar-refractivity contribution in [2.75, 3.05) is 0 Å². The van der Waals surface area contributed by atoms with Crippen LogP contribution >= 0.6 is 15.2 Å². The van der Waals surface area contributed by atoms with E-state index in [1.54, 1.807) is 0 Å². The first kappa shape index (κ1) is 21.0. The van der Waals surface area contributed by atoms with Gasteiger partial charge in [0.25, 0.3) is 0 Å². The second-order valence-electron chi connectivity index (χ2n) is 5.30. The average Bonchev–Trinajstić information content (AvgIpc) is 2.16. The van der Waals surface area contributed by atoms with Crippen LogP contribution in [0.1, 0.15) is 27.2 Å². The summed E-state index contributed by atoms with van der Waals surface area (Å²) in [6.07, 6.45) is -4.92. The van der Waals surface area contributed by atoms with E-state index >= 15 is 0 Å². The van der Waals surface area contributed by atoms with Crippen molar-refractivity contribution in [3.05, 3.63) is 0 Å². The quantitative estimate of drug-likeness (QED) is 0.325. The second kappa shape index (κ2) is 7.08. The Labute approximate surface area is 125 Å². The normalized spacial score (nSPS) is 14.5. The van der Waals surface area contributed by atoms with E-state index < -0.39 is 50.8 Å². The molecule has 0 saturated carbocycles. The molecule has 0 aliphatic carbocycles. The number of ether oxygens (including phenoxy) is 2. The fourth-order valence-electron chi connectivity index (χ4n) is 1.25. The molecule has 0 spiro atoms. The molecule has 5 N–H and O–H groups in total. The lowest BCUT2D eigenvalue weighted by molar-refractivity contribution is -0.149. The van der Waals surface area contributed by atoms with Crippen LogP contribution in [-0.2, 0) is 23.4 Å². The van der Waals surface area contributed by atoms with Gasteiger partial charge in [0.2, 0.25) is 6.10 Å². The van der Waals surface area contributed by atoms with Gasteiger partial charge in [-0.1, -0.05) is 0 Å². The molecular formula is C9H18O11P2. The van der Waals surface area contributed by atoms with Gasteiger partial charge in [-0.2, -0.15) is 0 Å². The predicted molar refractivity (Wildman–Crippen MR) is 71.2 cm³/mol. The minimum atomic E-state index is -5.33. The Hall–Kier alpha value is -0.960. The molecule has 0 aromatic rings. The fourth-order valence-corrected chi connectivity index (χ4v) is 3.75. The van der Waals surface area contributed by atoms with E-state index in [2.05, 4.69) is 9.47 Å². The molecule has 0 saturated heterocycles. The number of rotatable bonds is 6. The molecule has 0 bridgehead atoms. The van der Waals surface area contributed by atoms with E-state index in [0.29, 0.717) is 0 Å². The van der Waals surface area contributed by atoms with E-state index in [1.807, 2.05) is 0 Å². The highest BCUT2D eigenvalue weighted by Gasteiger charge is 2.47. The van der Waals surface area contributed by atoms with Gasteiger partial charge in [0, 0.05) is 6.42 Å². The highest BCUT2D eigenvalue weighted by Crippen LogP contribution is 2.61. The number of aliphatic carboxylic acids is 1. The van der Waals surface area contributed by atoms with Gasteiger partial charge in [0.1, 0.15) is 5.60 Å². The van der Waals surface area contributed by atoms with Gasteiger partial charge in [-0.05, 0) is 20.8 Å². The molecule has 0 radical (unpaired) electrons. The largest absolute Gasteiger partial charge is 0.509 e. The summed E-state index contributed by atoms with van der Waals surface area (Å²) in [5, 5.41) is 6.25. The van der Waals surface area contributed by atoms with E-state index in [0.717, 1.165) is 0 Å². The van der Waals surface area contributed by atoms with Crippen molar-refractivity contribution in [3.63, 3.8) is 0 Å². The lowest BCUT2D eigenvalue weighted by Crippen LogP contribution is -2.34. The van der Waals surface area contributed by atoms with Crippen molar-refractivity contribution in [1.82, 2.24) is 0 Å². The van der Waals surface area contributed by atoms with Crippen LogP contribution in [0.15, 0.2) is 0 Å². The number of carboxylic acids is 1. The van der Waals surface area contributed by atoms with Crippen molar-refractivity contribution in [2.24, 2.45) is 0 Å². The van der Waals surface area contributed by atoms with Crippen LogP contribution < -0.4 is 0 Å². The van der Waals surface area contributed by atoms with E-state index in [-0.39, 0.29) is 0 Å². The molecule has 0 aliphatic rings. The molecule has 0 amide bonds. The highest BCUT2D eigenvalue weighted by molar-refractivity contribution is 7.70. The Balaban J connectivity index is 5.20. The molecule has 1 atom stereocenters. The molecule has 0 rings (SSSR count). The summed E-state index contributed by atoms with van der Waals surface area (Å²) < 4.78 is 31.2. The van der Waals surface area contributed by atoms with Crippen molar-refractivity contribution in [2.45, 2.75) is 44.3 Å². The topological polar surface area (TPSA) is 188 Å². The maximum Gasteiger partial charge on any atom is 0.509 e.